The molecule has 1 aromatic heterocycles. The van der Waals surface area contributed by atoms with Crippen LogP contribution in [-0.2, 0) is 0 Å². The van der Waals surface area contributed by atoms with Gasteiger partial charge in [0.2, 0.25) is 0 Å². The number of ether oxygens (including phenoxy) is 1. The Morgan fingerprint density at radius 1 is 1.03 bits per heavy atom. The van der Waals surface area contributed by atoms with Crippen LogP contribution in [0.25, 0.3) is 10.2 Å². The standard InChI is InChI=1S/C24H31N3O2S.ClH/c1-6-26(7-2)13-14-27(23(28)19-9-11-20(12-10-19)29-8-3)24-25-21-16-17(4)15-18(5)22(21)30-24;/h9-12,15-16H,6-8,13-14H2,1-5H3;1H. The zero-order chi connectivity index (χ0) is 21.7. The van der Waals surface area contributed by atoms with Crippen LogP contribution < -0.4 is 9.64 Å². The summed E-state index contributed by atoms with van der Waals surface area (Å²) in [5.74, 6) is 0.744. The van der Waals surface area contributed by atoms with Crippen LogP contribution in [0.4, 0.5) is 5.13 Å². The summed E-state index contributed by atoms with van der Waals surface area (Å²) in [5.41, 5.74) is 3.99. The highest BCUT2D eigenvalue weighted by Gasteiger charge is 2.22. The number of halogens is 1. The van der Waals surface area contributed by atoms with E-state index in [0.29, 0.717) is 18.7 Å². The fourth-order valence-corrected chi connectivity index (χ4v) is 4.60. The molecule has 0 fully saturated rings. The van der Waals surface area contributed by atoms with Gasteiger partial charge in [-0.2, -0.15) is 0 Å². The maximum absolute atomic E-state index is 13.5. The number of benzene rings is 2. The second-order valence-electron chi connectivity index (χ2n) is 7.37. The largest absolute Gasteiger partial charge is 0.494 e. The molecule has 0 aliphatic heterocycles. The van der Waals surface area contributed by atoms with E-state index in [1.54, 1.807) is 11.3 Å². The Morgan fingerprint density at radius 3 is 2.32 bits per heavy atom. The average molecular weight is 462 g/mol. The lowest BCUT2D eigenvalue weighted by molar-refractivity contribution is 0.0983. The molecule has 7 heteroatoms. The summed E-state index contributed by atoms with van der Waals surface area (Å²) in [7, 11) is 0. The Bertz CT molecular complexity index is 1000. The number of thiazole rings is 1. The molecule has 0 saturated carbocycles. The zero-order valence-corrected chi connectivity index (χ0v) is 20.6. The van der Waals surface area contributed by atoms with Gasteiger partial charge in [-0.15, -0.1) is 12.4 Å². The number of aromatic nitrogens is 1. The van der Waals surface area contributed by atoms with Crippen molar-refractivity contribution >= 4 is 45.0 Å². The Labute approximate surface area is 195 Å². The van der Waals surface area contributed by atoms with Gasteiger partial charge in [0.1, 0.15) is 5.75 Å². The van der Waals surface area contributed by atoms with Crippen LogP contribution in [0.5, 0.6) is 5.75 Å². The van der Waals surface area contributed by atoms with E-state index in [0.717, 1.165) is 40.7 Å². The number of hydrogen-bond donors (Lipinski definition) is 0. The highest BCUT2D eigenvalue weighted by atomic mass is 35.5. The molecule has 0 radical (unpaired) electrons. The number of fused-ring (bicyclic) bond motifs is 1. The van der Waals surface area contributed by atoms with E-state index in [1.807, 2.05) is 36.1 Å². The number of nitrogens with zero attached hydrogens (tertiary/aromatic N) is 3. The summed E-state index contributed by atoms with van der Waals surface area (Å²) in [6.45, 7) is 14.4. The number of carbonyl (C=O) groups excluding carboxylic acids is 1. The summed E-state index contributed by atoms with van der Waals surface area (Å²) in [5, 5.41) is 0.754. The molecule has 2 aromatic carbocycles. The quantitative estimate of drug-likeness (QED) is 0.408. The van der Waals surface area contributed by atoms with E-state index >= 15 is 0 Å². The van der Waals surface area contributed by atoms with E-state index in [2.05, 4.69) is 44.7 Å². The number of anilines is 1. The van der Waals surface area contributed by atoms with E-state index in [9.17, 15) is 4.79 Å². The third kappa shape index (κ3) is 5.97. The van der Waals surface area contributed by atoms with Crippen molar-refractivity contribution in [1.82, 2.24) is 9.88 Å². The minimum Gasteiger partial charge on any atom is -0.494 e. The number of hydrogen-bond acceptors (Lipinski definition) is 5. The fourth-order valence-electron chi connectivity index (χ4n) is 3.56. The second kappa shape index (κ2) is 11.5. The number of likely N-dealkylation sites (N-methyl/N-ethyl adjacent to an activating group) is 1. The molecular formula is C24H32ClN3O2S. The lowest BCUT2D eigenvalue weighted by Gasteiger charge is -2.24. The topological polar surface area (TPSA) is 45.7 Å². The first-order valence-electron chi connectivity index (χ1n) is 10.6. The van der Waals surface area contributed by atoms with Crippen molar-refractivity contribution < 1.29 is 9.53 Å². The summed E-state index contributed by atoms with van der Waals surface area (Å²) in [6.07, 6.45) is 0. The van der Waals surface area contributed by atoms with Crippen molar-refractivity contribution in [3.8, 4) is 5.75 Å². The molecule has 0 atom stereocenters. The van der Waals surface area contributed by atoms with Gasteiger partial charge in [0.25, 0.3) is 5.91 Å². The first kappa shape index (κ1) is 25.1. The fraction of sp³-hybridized carbons (Fsp3) is 0.417. The first-order chi connectivity index (χ1) is 14.5. The van der Waals surface area contributed by atoms with Gasteiger partial charge >= 0.3 is 0 Å². The molecule has 1 heterocycles. The van der Waals surface area contributed by atoms with E-state index in [1.165, 1.54) is 11.1 Å². The highest BCUT2D eigenvalue weighted by molar-refractivity contribution is 7.22. The molecule has 3 rings (SSSR count). The molecule has 3 aromatic rings. The van der Waals surface area contributed by atoms with Crippen molar-refractivity contribution in [2.45, 2.75) is 34.6 Å². The van der Waals surface area contributed by atoms with Gasteiger partial charge in [-0.25, -0.2) is 4.98 Å². The monoisotopic (exact) mass is 461 g/mol. The van der Waals surface area contributed by atoms with Crippen molar-refractivity contribution in [3.05, 3.63) is 53.1 Å². The summed E-state index contributed by atoms with van der Waals surface area (Å²) >= 11 is 1.59. The number of amides is 1. The van der Waals surface area contributed by atoms with Crippen LogP contribution in [0.1, 0.15) is 42.3 Å². The lowest BCUT2D eigenvalue weighted by atomic mass is 10.1. The molecular weight excluding hydrogens is 430 g/mol. The van der Waals surface area contributed by atoms with E-state index in [4.69, 9.17) is 9.72 Å². The molecule has 0 unspecified atom stereocenters. The maximum atomic E-state index is 13.5. The number of aryl methyl sites for hydroxylation is 2. The predicted molar refractivity (Wildman–Crippen MR) is 133 cm³/mol. The van der Waals surface area contributed by atoms with Gasteiger partial charge in [-0.1, -0.05) is 31.3 Å². The number of rotatable bonds is 9. The van der Waals surface area contributed by atoms with Crippen molar-refractivity contribution in [2.75, 3.05) is 37.7 Å². The molecule has 0 saturated heterocycles. The van der Waals surface area contributed by atoms with Gasteiger partial charge in [-0.05, 0) is 75.3 Å². The van der Waals surface area contributed by atoms with Crippen molar-refractivity contribution in [3.63, 3.8) is 0 Å². The Hall–Kier alpha value is -2.15. The number of carbonyl (C=O) groups is 1. The molecule has 168 valence electrons. The van der Waals surface area contributed by atoms with Crippen LogP contribution in [-0.4, -0.2) is 48.6 Å². The Morgan fingerprint density at radius 2 is 1.71 bits per heavy atom. The molecule has 31 heavy (non-hydrogen) atoms. The minimum atomic E-state index is -0.0290. The normalized spacial score (nSPS) is 10.9. The van der Waals surface area contributed by atoms with Crippen molar-refractivity contribution in [1.29, 1.82) is 0 Å². The average Bonchev–Trinajstić information content (AvgIpc) is 3.16. The van der Waals surface area contributed by atoms with Crippen LogP contribution in [0, 0.1) is 13.8 Å². The minimum absolute atomic E-state index is 0. The first-order valence-corrected chi connectivity index (χ1v) is 11.4. The summed E-state index contributed by atoms with van der Waals surface area (Å²) < 4.78 is 6.66. The van der Waals surface area contributed by atoms with Crippen LogP contribution in [0.2, 0.25) is 0 Å². The van der Waals surface area contributed by atoms with Gasteiger partial charge < -0.3 is 9.64 Å². The van der Waals surface area contributed by atoms with E-state index < -0.39 is 0 Å². The SMILES string of the molecule is CCOc1ccc(C(=O)N(CCN(CC)CC)c2nc3cc(C)cc(C)c3s2)cc1.Cl. The molecule has 0 bridgehead atoms. The van der Waals surface area contributed by atoms with E-state index in [-0.39, 0.29) is 18.3 Å². The van der Waals surface area contributed by atoms with Crippen LogP contribution in [0.3, 0.4) is 0 Å². The molecule has 5 nitrogen and oxygen atoms in total. The van der Waals surface area contributed by atoms with Gasteiger partial charge in [0, 0.05) is 18.7 Å². The molecule has 0 N–H and O–H groups in total. The van der Waals surface area contributed by atoms with Gasteiger partial charge in [0.05, 0.1) is 16.8 Å². The summed E-state index contributed by atoms with van der Waals surface area (Å²) in [6, 6.07) is 11.6. The smallest absolute Gasteiger partial charge is 0.260 e. The lowest BCUT2D eigenvalue weighted by Crippen LogP contribution is -2.38. The highest BCUT2D eigenvalue weighted by Crippen LogP contribution is 2.33. The third-order valence-corrected chi connectivity index (χ3v) is 6.46. The molecule has 0 aliphatic carbocycles. The zero-order valence-electron chi connectivity index (χ0n) is 19.0. The van der Waals surface area contributed by atoms with Crippen LogP contribution >= 0.6 is 23.7 Å². The van der Waals surface area contributed by atoms with Crippen molar-refractivity contribution in [2.24, 2.45) is 0 Å². The van der Waals surface area contributed by atoms with Gasteiger partial charge in [0.15, 0.2) is 5.13 Å². The maximum Gasteiger partial charge on any atom is 0.260 e. The Balaban J connectivity index is 0.00000341. The molecule has 0 aliphatic rings. The summed E-state index contributed by atoms with van der Waals surface area (Å²) in [4.78, 5) is 22.5. The molecule has 1 amide bonds. The molecule has 0 spiro atoms. The third-order valence-electron chi connectivity index (χ3n) is 5.23. The second-order valence-corrected chi connectivity index (χ2v) is 8.35. The van der Waals surface area contributed by atoms with Gasteiger partial charge in [-0.3, -0.25) is 9.69 Å². The predicted octanol–water partition coefficient (Wildman–Crippen LogP) is 5.72. The van der Waals surface area contributed by atoms with Crippen LogP contribution in [0.15, 0.2) is 36.4 Å². The Kier molecular flexibility index (Phi) is 9.29.